The Kier molecular flexibility index (Phi) is 7.15. The van der Waals surface area contributed by atoms with Gasteiger partial charge in [0.15, 0.2) is 0 Å². The number of carbonyl (C=O) groups is 1. The van der Waals surface area contributed by atoms with Gasteiger partial charge in [-0.1, -0.05) is 0 Å². The maximum absolute atomic E-state index is 11.6. The highest BCUT2D eigenvalue weighted by atomic mass is 16.6. The largest absolute Gasteiger partial charge is 0.444 e. The molecule has 0 N–H and O–H groups in total. The lowest BCUT2D eigenvalue weighted by molar-refractivity contribution is 0.0284. The van der Waals surface area contributed by atoms with Crippen molar-refractivity contribution in [3.05, 3.63) is 0 Å². The van der Waals surface area contributed by atoms with Crippen LogP contribution in [0.5, 0.6) is 0 Å². The van der Waals surface area contributed by atoms with Gasteiger partial charge in [-0.3, -0.25) is 0 Å². The first-order valence-corrected chi connectivity index (χ1v) is 5.88. The van der Waals surface area contributed by atoms with E-state index in [0.717, 1.165) is 13.1 Å². The molecule has 0 aromatic heterocycles. The predicted octanol–water partition coefficient (Wildman–Crippen LogP) is 1.43. The molecule has 0 bridgehead atoms. The molecule has 5 heteroatoms. The number of hydrogen-bond acceptors (Lipinski definition) is 4. The molecule has 0 radical (unpaired) electrons. The first-order valence-electron chi connectivity index (χ1n) is 5.88. The van der Waals surface area contributed by atoms with Gasteiger partial charge in [0.05, 0.1) is 6.61 Å². The second-order valence-corrected chi connectivity index (χ2v) is 5.20. The summed E-state index contributed by atoms with van der Waals surface area (Å²) in [7, 11) is 5.43. The lowest BCUT2D eigenvalue weighted by Gasteiger charge is -2.26. The minimum absolute atomic E-state index is 0.280. The van der Waals surface area contributed by atoms with Crippen LogP contribution in [0.4, 0.5) is 4.79 Å². The highest BCUT2D eigenvalue weighted by Crippen LogP contribution is 2.08. The first-order chi connectivity index (χ1) is 7.76. The van der Waals surface area contributed by atoms with Crippen LogP contribution in [0.2, 0.25) is 0 Å². The fourth-order valence-corrected chi connectivity index (χ4v) is 1.11. The lowest BCUT2D eigenvalue weighted by Crippen LogP contribution is -2.39. The second kappa shape index (κ2) is 7.50. The van der Waals surface area contributed by atoms with E-state index in [0.29, 0.717) is 13.2 Å². The number of carbonyl (C=O) groups excluding carboxylic acids is 1. The van der Waals surface area contributed by atoms with Crippen molar-refractivity contribution in [2.45, 2.75) is 26.4 Å². The van der Waals surface area contributed by atoms with Crippen molar-refractivity contribution in [2.75, 3.05) is 47.4 Å². The molecule has 5 nitrogen and oxygen atoms in total. The number of hydrogen-bond donors (Lipinski definition) is 0. The Balaban J connectivity index is 3.85. The lowest BCUT2D eigenvalue weighted by atomic mass is 10.2. The monoisotopic (exact) mass is 246 g/mol. The van der Waals surface area contributed by atoms with Crippen molar-refractivity contribution in [1.29, 1.82) is 0 Å². The van der Waals surface area contributed by atoms with Crippen LogP contribution in [-0.4, -0.2) is 68.9 Å². The smallest absolute Gasteiger partial charge is 0.410 e. The topological polar surface area (TPSA) is 42.0 Å². The molecule has 0 heterocycles. The van der Waals surface area contributed by atoms with Crippen molar-refractivity contribution in [3.63, 3.8) is 0 Å². The average Bonchev–Trinajstić information content (AvgIpc) is 2.20. The Morgan fingerprint density at radius 2 is 1.71 bits per heavy atom. The molecule has 0 atom stereocenters. The van der Waals surface area contributed by atoms with Gasteiger partial charge >= 0.3 is 6.09 Å². The van der Waals surface area contributed by atoms with Crippen LogP contribution in [0.3, 0.4) is 0 Å². The molecule has 0 rings (SSSR count). The van der Waals surface area contributed by atoms with E-state index in [1.165, 1.54) is 0 Å². The van der Waals surface area contributed by atoms with E-state index in [1.54, 1.807) is 19.1 Å². The van der Waals surface area contributed by atoms with Crippen molar-refractivity contribution in [1.82, 2.24) is 9.80 Å². The molecule has 0 aliphatic heterocycles. The Labute approximate surface area is 105 Å². The Morgan fingerprint density at radius 3 is 2.18 bits per heavy atom. The predicted molar refractivity (Wildman–Crippen MR) is 68.2 cm³/mol. The number of likely N-dealkylation sites (N-methyl/N-ethyl adjacent to an activating group) is 2. The summed E-state index contributed by atoms with van der Waals surface area (Å²) < 4.78 is 10.2. The molecule has 0 aromatic rings. The van der Waals surface area contributed by atoms with Gasteiger partial charge in [-0.05, 0) is 27.8 Å². The summed E-state index contributed by atoms with van der Waals surface area (Å²) in [5, 5.41) is 0. The van der Waals surface area contributed by atoms with Crippen LogP contribution < -0.4 is 0 Å². The summed E-state index contributed by atoms with van der Waals surface area (Å²) in [6.45, 7) is 8.61. The van der Waals surface area contributed by atoms with E-state index in [1.807, 2.05) is 27.8 Å². The fraction of sp³-hybridized carbons (Fsp3) is 0.917. The van der Waals surface area contributed by atoms with Crippen LogP contribution >= 0.6 is 0 Å². The molecule has 0 unspecified atom stereocenters. The summed E-state index contributed by atoms with van der Waals surface area (Å²) >= 11 is 0. The average molecular weight is 246 g/mol. The third-order valence-electron chi connectivity index (χ3n) is 2.20. The highest BCUT2D eigenvalue weighted by Gasteiger charge is 2.19. The van der Waals surface area contributed by atoms with Gasteiger partial charge in [-0.25, -0.2) is 4.79 Å². The van der Waals surface area contributed by atoms with Gasteiger partial charge < -0.3 is 19.3 Å². The molecule has 0 fully saturated rings. The third-order valence-corrected chi connectivity index (χ3v) is 2.20. The van der Waals surface area contributed by atoms with Gasteiger partial charge in [0, 0.05) is 33.8 Å². The van der Waals surface area contributed by atoms with Gasteiger partial charge in [-0.2, -0.15) is 0 Å². The molecule has 0 aliphatic rings. The zero-order valence-electron chi connectivity index (χ0n) is 11.9. The van der Waals surface area contributed by atoms with E-state index in [4.69, 9.17) is 9.47 Å². The standard InChI is InChI=1S/C12H26N2O3/c1-12(2,3)17-11(15)14(5)8-7-13(4)9-10-16-6/h7-10H2,1-6H3. The highest BCUT2D eigenvalue weighted by molar-refractivity contribution is 5.67. The van der Waals surface area contributed by atoms with Crippen molar-refractivity contribution < 1.29 is 14.3 Å². The van der Waals surface area contributed by atoms with Crippen molar-refractivity contribution in [2.24, 2.45) is 0 Å². The van der Waals surface area contributed by atoms with E-state index in [2.05, 4.69) is 4.90 Å². The van der Waals surface area contributed by atoms with E-state index in [-0.39, 0.29) is 6.09 Å². The van der Waals surface area contributed by atoms with Crippen LogP contribution in [0, 0.1) is 0 Å². The van der Waals surface area contributed by atoms with E-state index >= 15 is 0 Å². The van der Waals surface area contributed by atoms with Gasteiger partial charge in [0.2, 0.25) is 0 Å². The SMILES string of the molecule is COCCN(C)CCN(C)C(=O)OC(C)(C)C. The summed E-state index contributed by atoms with van der Waals surface area (Å²) in [5.74, 6) is 0. The molecule has 0 aromatic carbocycles. The van der Waals surface area contributed by atoms with Gasteiger partial charge in [0.25, 0.3) is 0 Å². The Bertz CT molecular complexity index is 226. The van der Waals surface area contributed by atoms with Gasteiger partial charge in [0.1, 0.15) is 5.60 Å². The summed E-state index contributed by atoms with van der Waals surface area (Å²) in [5.41, 5.74) is -0.437. The molecule has 0 aliphatic carbocycles. The molecular weight excluding hydrogens is 220 g/mol. The normalized spacial score (nSPS) is 11.7. The number of ether oxygens (including phenoxy) is 2. The molecule has 1 amide bonds. The second-order valence-electron chi connectivity index (χ2n) is 5.20. The fourth-order valence-electron chi connectivity index (χ4n) is 1.11. The Hall–Kier alpha value is -0.810. The summed E-state index contributed by atoms with van der Waals surface area (Å²) in [6.07, 6.45) is -0.280. The maximum atomic E-state index is 11.6. The first kappa shape index (κ1) is 16.2. The minimum atomic E-state index is -0.437. The zero-order valence-corrected chi connectivity index (χ0v) is 11.9. The molecule has 0 spiro atoms. The van der Waals surface area contributed by atoms with E-state index < -0.39 is 5.60 Å². The molecule has 0 saturated heterocycles. The number of methoxy groups -OCH3 is 1. The van der Waals surface area contributed by atoms with Crippen molar-refractivity contribution in [3.8, 4) is 0 Å². The Morgan fingerprint density at radius 1 is 1.12 bits per heavy atom. The minimum Gasteiger partial charge on any atom is -0.444 e. The summed E-state index contributed by atoms with van der Waals surface area (Å²) in [6, 6.07) is 0. The molecular formula is C12H26N2O3. The van der Waals surface area contributed by atoms with Gasteiger partial charge in [-0.15, -0.1) is 0 Å². The third kappa shape index (κ3) is 8.94. The van der Waals surface area contributed by atoms with Crippen LogP contribution in [-0.2, 0) is 9.47 Å². The van der Waals surface area contributed by atoms with E-state index in [9.17, 15) is 4.79 Å². The molecule has 0 saturated carbocycles. The van der Waals surface area contributed by atoms with Crippen LogP contribution in [0.25, 0.3) is 0 Å². The maximum Gasteiger partial charge on any atom is 0.410 e. The van der Waals surface area contributed by atoms with Crippen LogP contribution in [0.15, 0.2) is 0 Å². The number of amides is 1. The number of nitrogens with zero attached hydrogens (tertiary/aromatic N) is 2. The quantitative estimate of drug-likeness (QED) is 0.711. The van der Waals surface area contributed by atoms with Crippen molar-refractivity contribution >= 4 is 6.09 Å². The number of rotatable bonds is 6. The zero-order chi connectivity index (χ0) is 13.5. The summed E-state index contributed by atoms with van der Waals surface area (Å²) in [4.78, 5) is 15.4. The molecule has 102 valence electrons. The van der Waals surface area contributed by atoms with Crippen LogP contribution in [0.1, 0.15) is 20.8 Å². The molecule has 17 heavy (non-hydrogen) atoms.